The van der Waals surface area contributed by atoms with Crippen LogP contribution in [0, 0.1) is 17.3 Å². The van der Waals surface area contributed by atoms with Crippen LogP contribution in [0.15, 0.2) is 11.6 Å². The largest absolute Gasteiger partial charge is 0.444 e. The lowest BCUT2D eigenvalue weighted by molar-refractivity contribution is -0.143. The minimum Gasteiger partial charge on any atom is -0.444 e. The number of hydrogen-bond acceptors (Lipinski definition) is 6. The van der Waals surface area contributed by atoms with Crippen molar-refractivity contribution in [2.75, 3.05) is 6.54 Å². The number of likely N-dealkylation sites (tertiary alicyclic amines) is 1. The van der Waals surface area contributed by atoms with E-state index >= 15 is 0 Å². The summed E-state index contributed by atoms with van der Waals surface area (Å²) in [4.78, 5) is 54.1. The second-order valence-electron chi connectivity index (χ2n) is 13.3. The Labute approximate surface area is 235 Å². The Bertz CT molecular complexity index is 933. The van der Waals surface area contributed by atoms with E-state index in [1.165, 1.54) is 4.90 Å². The van der Waals surface area contributed by atoms with E-state index in [1.54, 1.807) is 20.8 Å². The molecule has 10 nitrogen and oxygen atoms in total. The van der Waals surface area contributed by atoms with Gasteiger partial charge in [-0.05, 0) is 74.1 Å². The number of carbonyl (C=O) groups is 4. The maximum Gasteiger partial charge on any atom is 0.408 e. The van der Waals surface area contributed by atoms with E-state index in [-0.39, 0.29) is 11.8 Å². The maximum absolute atomic E-state index is 14.0. The van der Waals surface area contributed by atoms with Crippen LogP contribution in [0.3, 0.4) is 0 Å². The maximum atomic E-state index is 14.0. The lowest BCUT2D eigenvalue weighted by Gasteiger charge is -2.36. The summed E-state index contributed by atoms with van der Waals surface area (Å²) in [6.45, 7) is 15.0. The standard InChI is InChI=1S/C28H49N4O6P/c1-16(2)12-18-14-20(23(34)29-19(13-17-10-9-11-17)21(33)24(35)31-39)32(15-18)25(36)22(27(3,4)5)30-26(37)38-28(6,7)8/h12,17-22,33H,9-11,13-15,39H2,1-8H3,(H,29,34)(H,30,37)(H,31,35)/t18-,19?,20+,21?,22-/m1/s1. The fraction of sp³-hybridized carbons (Fsp3) is 0.786. The third-order valence-corrected chi connectivity index (χ3v) is 7.48. The molecule has 4 amide bonds. The van der Waals surface area contributed by atoms with Crippen LogP contribution in [0.25, 0.3) is 0 Å². The average molecular weight is 569 g/mol. The third-order valence-electron chi connectivity index (χ3n) is 7.19. The van der Waals surface area contributed by atoms with Crippen LogP contribution < -0.4 is 15.7 Å². The summed E-state index contributed by atoms with van der Waals surface area (Å²) in [5.41, 5.74) is -0.327. The average Bonchev–Trinajstić information content (AvgIpc) is 3.18. The van der Waals surface area contributed by atoms with Crippen molar-refractivity contribution < 1.29 is 29.0 Å². The number of nitrogens with one attached hydrogen (secondary N) is 3. The van der Waals surface area contributed by atoms with E-state index in [2.05, 4.69) is 25.1 Å². The van der Waals surface area contributed by atoms with E-state index < -0.39 is 53.2 Å². The van der Waals surface area contributed by atoms with Gasteiger partial charge in [-0.3, -0.25) is 14.4 Å². The molecule has 1 saturated heterocycles. The molecule has 1 aliphatic carbocycles. The molecule has 0 bridgehead atoms. The predicted octanol–water partition coefficient (Wildman–Crippen LogP) is 3.05. The number of aliphatic hydroxyl groups is 1. The van der Waals surface area contributed by atoms with Crippen LogP contribution >= 0.6 is 9.39 Å². The number of rotatable bonds is 9. The van der Waals surface area contributed by atoms with E-state index in [4.69, 9.17) is 4.74 Å². The SMILES string of the molecule is CC(C)=C[C@@H]1C[C@@H](C(=O)NC(CC2CCC2)C(O)C(=O)NP)N(C(=O)[C@@H](NC(=O)OC(C)(C)C)C(C)(C)C)C1. The summed E-state index contributed by atoms with van der Waals surface area (Å²) in [7, 11) is 2.08. The van der Waals surface area contributed by atoms with Gasteiger partial charge in [0.25, 0.3) is 5.91 Å². The number of amides is 4. The molecule has 1 heterocycles. The highest BCUT2D eigenvalue weighted by molar-refractivity contribution is 7.15. The number of alkyl carbamates (subject to hydrolysis) is 1. The fourth-order valence-electron chi connectivity index (χ4n) is 5.09. The monoisotopic (exact) mass is 568 g/mol. The van der Waals surface area contributed by atoms with Crippen molar-refractivity contribution in [3.05, 3.63) is 11.6 Å². The van der Waals surface area contributed by atoms with Crippen molar-refractivity contribution in [2.24, 2.45) is 17.3 Å². The molecular formula is C28H49N4O6P. The molecule has 39 heavy (non-hydrogen) atoms. The van der Waals surface area contributed by atoms with Gasteiger partial charge >= 0.3 is 6.09 Å². The number of aliphatic hydroxyl groups excluding tert-OH is 1. The van der Waals surface area contributed by atoms with Crippen molar-refractivity contribution in [1.29, 1.82) is 0 Å². The number of hydrogen-bond donors (Lipinski definition) is 4. The molecule has 0 aromatic rings. The van der Waals surface area contributed by atoms with Crippen LogP contribution in [0.4, 0.5) is 4.79 Å². The van der Waals surface area contributed by atoms with E-state index in [0.29, 0.717) is 25.3 Å². The molecular weight excluding hydrogens is 519 g/mol. The summed E-state index contributed by atoms with van der Waals surface area (Å²) in [5.74, 6) is -1.12. The zero-order valence-corrected chi connectivity index (χ0v) is 26.0. The topological polar surface area (TPSA) is 137 Å². The van der Waals surface area contributed by atoms with Crippen molar-refractivity contribution in [3.8, 4) is 0 Å². The minimum atomic E-state index is -1.41. The first-order chi connectivity index (χ1) is 17.9. The Hall–Kier alpha value is -2.19. The minimum absolute atomic E-state index is 0.0535. The third kappa shape index (κ3) is 9.75. The number of allylic oxidation sites excluding steroid dienone is 1. The van der Waals surface area contributed by atoms with Gasteiger partial charge in [0.2, 0.25) is 11.8 Å². The molecule has 2 fully saturated rings. The van der Waals surface area contributed by atoms with Gasteiger partial charge in [-0.2, -0.15) is 0 Å². The Kier molecular flexibility index (Phi) is 11.4. The van der Waals surface area contributed by atoms with Crippen LogP contribution in [-0.4, -0.2) is 70.2 Å². The molecule has 2 rings (SSSR count). The first-order valence-electron chi connectivity index (χ1n) is 13.9. The number of nitrogens with zero attached hydrogens (tertiary/aromatic N) is 1. The van der Waals surface area contributed by atoms with Gasteiger partial charge in [-0.1, -0.05) is 51.7 Å². The molecule has 1 saturated carbocycles. The Morgan fingerprint density at radius 2 is 1.69 bits per heavy atom. The molecule has 0 radical (unpaired) electrons. The number of ether oxygens (including phenoxy) is 1. The molecule has 1 aliphatic heterocycles. The fourth-order valence-corrected chi connectivity index (χ4v) is 5.26. The van der Waals surface area contributed by atoms with Crippen molar-refractivity contribution in [1.82, 2.24) is 20.6 Å². The summed E-state index contributed by atoms with van der Waals surface area (Å²) in [6.07, 6.45) is 3.87. The second kappa shape index (κ2) is 13.4. The summed E-state index contributed by atoms with van der Waals surface area (Å²) in [6, 6.07) is -2.54. The highest BCUT2D eigenvalue weighted by Crippen LogP contribution is 2.33. The summed E-state index contributed by atoms with van der Waals surface area (Å²) < 4.78 is 5.41. The van der Waals surface area contributed by atoms with E-state index in [9.17, 15) is 24.3 Å². The first-order valence-corrected chi connectivity index (χ1v) is 14.4. The van der Waals surface area contributed by atoms with E-state index in [1.807, 2.05) is 40.7 Å². The lowest BCUT2D eigenvalue weighted by atomic mass is 9.79. The van der Waals surface area contributed by atoms with Crippen molar-refractivity contribution in [2.45, 2.75) is 117 Å². The molecule has 3 unspecified atom stereocenters. The van der Waals surface area contributed by atoms with Crippen LogP contribution in [0.5, 0.6) is 0 Å². The van der Waals surface area contributed by atoms with Gasteiger partial charge in [0.05, 0.1) is 6.04 Å². The molecule has 0 aromatic heterocycles. The highest BCUT2D eigenvalue weighted by atomic mass is 31.0. The van der Waals surface area contributed by atoms with E-state index in [0.717, 1.165) is 24.8 Å². The van der Waals surface area contributed by atoms with Crippen molar-refractivity contribution in [3.63, 3.8) is 0 Å². The van der Waals surface area contributed by atoms with Crippen LogP contribution in [0.2, 0.25) is 0 Å². The summed E-state index contributed by atoms with van der Waals surface area (Å²) in [5, 5.41) is 18.7. The quantitative estimate of drug-likeness (QED) is 0.249. The molecule has 2 aliphatic rings. The smallest absolute Gasteiger partial charge is 0.408 e. The second-order valence-corrected chi connectivity index (χ2v) is 13.6. The van der Waals surface area contributed by atoms with Gasteiger partial charge in [0.1, 0.15) is 17.7 Å². The molecule has 0 spiro atoms. The van der Waals surface area contributed by atoms with Crippen LogP contribution in [-0.2, 0) is 19.1 Å². The summed E-state index contributed by atoms with van der Waals surface area (Å²) >= 11 is 0. The zero-order valence-electron chi connectivity index (χ0n) is 24.8. The molecule has 0 aromatic carbocycles. The predicted molar refractivity (Wildman–Crippen MR) is 153 cm³/mol. The Morgan fingerprint density at radius 3 is 2.15 bits per heavy atom. The van der Waals surface area contributed by atoms with Gasteiger partial charge < -0.3 is 30.5 Å². The Morgan fingerprint density at radius 1 is 1.08 bits per heavy atom. The highest BCUT2D eigenvalue weighted by Gasteiger charge is 2.45. The van der Waals surface area contributed by atoms with Crippen LogP contribution in [0.1, 0.15) is 87.5 Å². The van der Waals surface area contributed by atoms with Gasteiger partial charge in [0.15, 0.2) is 6.10 Å². The Balaban J connectivity index is 2.33. The molecule has 4 N–H and O–H groups in total. The molecule has 11 heteroatoms. The van der Waals surface area contributed by atoms with Gasteiger partial charge in [-0.25, -0.2) is 4.79 Å². The zero-order chi connectivity index (χ0) is 29.7. The molecule has 222 valence electrons. The first kappa shape index (κ1) is 33.0. The molecule has 6 atom stereocenters. The normalized spacial score (nSPS) is 22.2. The van der Waals surface area contributed by atoms with Gasteiger partial charge in [0, 0.05) is 6.54 Å². The van der Waals surface area contributed by atoms with Gasteiger partial charge in [-0.15, -0.1) is 0 Å². The van der Waals surface area contributed by atoms with Crippen molar-refractivity contribution >= 4 is 33.2 Å². The number of carbonyl (C=O) groups excluding carboxylic acids is 4. The lowest BCUT2D eigenvalue weighted by Crippen LogP contribution is -2.59.